The normalized spacial score (nSPS) is 11.6. The van der Waals surface area contributed by atoms with Gasteiger partial charge in [-0.1, -0.05) is 13.8 Å². The Morgan fingerprint density at radius 1 is 1.59 bits per heavy atom. The predicted octanol–water partition coefficient (Wildman–Crippen LogP) is 1.07. The summed E-state index contributed by atoms with van der Waals surface area (Å²) in [4.78, 5) is 14.2. The average molecular weight is 242 g/mol. The zero-order valence-corrected chi connectivity index (χ0v) is 10.5. The van der Waals surface area contributed by atoms with Gasteiger partial charge in [0.15, 0.2) is 0 Å². The first-order valence-electron chi connectivity index (χ1n) is 5.31. The summed E-state index contributed by atoms with van der Waals surface area (Å²) in [6.45, 7) is 5.88. The Hall–Kier alpha value is -1.63. The highest BCUT2D eigenvalue weighted by Crippen LogP contribution is 2.25. The molecule has 0 spiro atoms. The van der Waals surface area contributed by atoms with Crippen molar-refractivity contribution in [1.29, 1.82) is 0 Å². The number of imidazole rings is 1. The van der Waals surface area contributed by atoms with E-state index >= 15 is 0 Å². The number of aliphatic hydroxyl groups excluding tert-OH is 1. The van der Waals surface area contributed by atoms with Gasteiger partial charge in [0.1, 0.15) is 0 Å². The second kappa shape index (κ2) is 4.70. The van der Waals surface area contributed by atoms with Gasteiger partial charge in [-0.15, -0.1) is 0 Å². The lowest BCUT2D eigenvalue weighted by Gasteiger charge is -2.22. The molecule has 0 aromatic carbocycles. The van der Waals surface area contributed by atoms with Gasteiger partial charge >= 0.3 is 5.82 Å². The molecule has 0 saturated carbocycles. The molecule has 0 aliphatic carbocycles. The Labute approximate surface area is 99.6 Å². The van der Waals surface area contributed by atoms with Gasteiger partial charge < -0.3 is 20.5 Å². The molecule has 1 rings (SSSR count). The van der Waals surface area contributed by atoms with Gasteiger partial charge in [-0.2, -0.15) is 0 Å². The van der Waals surface area contributed by atoms with Gasteiger partial charge in [0, 0.05) is 32.5 Å². The number of hydrogen-bond donors (Lipinski definition) is 2. The van der Waals surface area contributed by atoms with Gasteiger partial charge in [0.05, 0.1) is 0 Å². The lowest BCUT2D eigenvalue weighted by molar-refractivity contribution is -0.388. The van der Waals surface area contributed by atoms with Crippen LogP contribution in [0.4, 0.5) is 11.6 Å². The minimum absolute atomic E-state index is 0.00459. The topological polar surface area (TPSA) is 93.2 Å². The van der Waals surface area contributed by atoms with E-state index in [0.29, 0.717) is 18.2 Å². The molecule has 0 atom stereocenters. The first-order valence-corrected chi connectivity index (χ1v) is 5.31. The SMILES string of the molecule is Cc1nc([N+](=O)[O-])c(NCC(C)(C)CO)n1C. The van der Waals surface area contributed by atoms with Crippen LogP contribution in [0.15, 0.2) is 0 Å². The van der Waals surface area contributed by atoms with Crippen LogP contribution in [0.3, 0.4) is 0 Å². The maximum absolute atomic E-state index is 10.8. The smallest absolute Gasteiger partial charge is 0.396 e. The molecule has 0 aliphatic heterocycles. The van der Waals surface area contributed by atoms with Crippen molar-refractivity contribution in [3.63, 3.8) is 0 Å². The van der Waals surface area contributed by atoms with Crippen LogP contribution in [-0.2, 0) is 7.05 Å². The zero-order chi connectivity index (χ0) is 13.2. The van der Waals surface area contributed by atoms with Crippen molar-refractivity contribution in [3.8, 4) is 0 Å². The predicted molar refractivity (Wildman–Crippen MR) is 64.0 cm³/mol. The van der Waals surface area contributed by atoms with Crippen molar-refractivity contribution in [1.82, 2.24) is 9.55 Å². The molecule has 7 nitrogen and oxygen atoms in total. The largest absolute Gasteiger partial charge is 0.406 e. The Bertz CT molecular complexity index is 425. The zero-order valence-electron chi connectivity index (χ0n) is 10.5. The molecule has 0 amide bonds. The van der Waals surface area contributed by atoms with Crippen LogP contribution in [0.1, 0.15) is 19.7 Å². The first-order chi connectivity index (χ1) is 7.78. The molecule has 17 heavy (non-hydrogen) atoms. The number of rotatable bonds is 5. The van der Waals surface area contributed by atoms with Crippen molar-refractivity contribution >= 4 is 11.6 Å². The summed E-state index contributed by atoms with van der Waals surface area (Å²) >= 11 is 0. The van der Waals surface area contributed by atoms with Crippen molar-refractivity contribution in [2.75, 3.05) is 18.5 Å². The van der Waals surface area contributed by atoms with Gasteiger partial charge in [0.2, 0.25) is 11.6 Å². The second-order valence-corrected chi connectivity index (χ2v) is 4.82. The first kappa shape index (κ1) is 13.4. The minimum Gasteiger partial charge on any atom is -0.396 e. The quantitative estimate of drug-likeness (QED) is 0.595. The fourth-order valence-electron chi connectivity index (χ4n) is 1.30. The number of aliphatic hydroxyl groups is 1. The van der Waals surface area contributed by atoms with E-state index in [-0.39, 0.29) is 17.8 Å². The second-order valence-electron chi connectivity index (χ2n) is 4.82. The van der Waals surface area contributed by atoms with E-state index in [1.165, 1.54) is 0 Å². The Kier molecular flexibility index (Phi) is 3.72. The number of aromatic nitrogens is 2. The molecular weight excluding hydrogens is 224 g/mol. The van der Waals surface area contributed by atoms with Crippen LogP contribution in [-0.4, -0.2) is 32.7 Å². The Balaban J connectivity index is 2.94. The van der Waals surface area contributed by atoms with E-state index in [0.717, 1.165) is 0 Å². The fourth-order valence-corrected chi connectivity index (χ4v) is 1.30. The molecular formula is C10H18N4O3. The van der Waals surface area contributed by atoms with E-state index < -0.39 is 4.92 Å². The van der Waals surface area contributed by atoms with E-state index in [1.807, 2.05) is 13.8 Å². The van der Waals surface area contributed by atoms with Gasteiger partial charge in [-0.3, -0.25) is 4.57 Å². The molecule has 0 unspecified atom stereocenters. The number of nitrogens with one attached hydrogen (secondary N) is 1. The molecule has 0 bridgehead atoms. The summed E-state index contributed by atoms with van der Waals surface area (Å²) in [7, 11) is 1.71. The number of nitrogens with zero attached hydrogens (tertiary/aromatic N) is 3. The minimum atomic E-state index is -0.513. The summed E-state index contributed by atoms with van der Waals surface area (Å²) in [5.41, 5.74) is -0.341. The van der Waals surface area contributed by atoms with Gasteiger partial charge in [0.25, 0.3) is 0 Å². The van der Waals surface area contributed by atoms with E-state index in [2.05, 4.69) is 10.3 Å². The van der Waals surface area contributed by atoms with E-state index in [9.17, 15) is 10.1 Å². The molecule has 0 fully saturated rings. The van der Waals surface area contributed by atoms with Crippen LogP contribution >= 0.6 is 0 Å². The Morgan fingerprint density at radius 3 is 2.65 bits per heavy atom. The molecule has 1 aromatic rings. The maximum atomic E-state index is 10.8. The molecule has 1 aromatic heterocycles. The summed E-state index contributed by atoms with van der Waals surface area (Å²) in [5.74, 6) is 0.758. The lowest BCUT2D eigenvalue weighted by Crippen LogP contribution is -2.27. The average Bonchev–Trinajstić information content (AvgIpc) is 2.53. The summed E-state index contributed by atoms with van der Waals surface area (Å²) in [5, 5.41) is 22.9. The third-order valence-electron chi connectivity index (χ3n) is 2.64. The van der Waals surface area contributed by atoms with Crippen molar-refractivity contribution in [3.05, 3.63) is 15.9 Å². The third kappa shape index (κ3) is 2.94. The summed E-state index contributed by atoms with van der Waals surface area (Å²) in [6.07, 6.45) is 0. The number of anilines is 1. The molecule has 0 aliphatic rings. The van der Waals surface area contributed by atoms with E-state index in [1.54, 1.807) is 18.5 Å². The highest BCUT2D eigenvalue weighted by atomic mass is 16.6. The molecule has 1 heterocycles. The van der Waals surface area contributed by atoms with Gasteiger partial charge in [-0.25, -0.2) is 0 Å². The summed E-state index contributed by atoms with van der Waals surface area (Å²) in [6, 6.07) is 0. The fraction of sp³-hybridized carbons (Fsp3) is 0.700. The van der Waals surface area contributed by atoms with E-state index in [4.69, 9.17) is 5.11 Å². The highest BCUT2D eigenvalue weighted by Gasteiger charge is 2.25. The third-order valence-corrected chi connectivity index (χ3v) is 2.64. The van der Waals surface area contributed by atoms with Crippen molar-refractivity contribution in [2.45, 2.75) is 20.8 Å². The number of hydrogen-bond acceptors (Lipinski definition) is 5. The maximum Gasteiger partial charge on any atom is 0.406 e. The van der Waals surface area contributed by atoms with Crippen LogP contribution in [0.5, 0.6) is 0 Å². The number of nitro groups is 1. The van der Waals surface area contributed by atoms with Crippen LogP contribution in [0.2, 0.25) is 0 Å². The summed E-state index contributed by atoms with van der Waals surface area (Å²) < 4.78 is 1.63. The monoisotopic (exact) mass is 242 g/mol. The van der Waals surface area contributed by atoms with Gasteiger partial charge in [-0.05, 0) is 9.91 Å². The highest BCUT2D eigenvalue weighted by molar-refractivity contribution is 5.53. The van der Waals surface area contributed by atoms with Crippen molar-refractivity contribution in [2.24, 2.45) is 12.5 Å². The van der Waals surface area contributed by atoms with Crippen LogP contribution < -0.4 is 5.32 Å². The van der Waals surface area contributed by atoms with Crippen LogP contribution in [0.25, 0.3) is 0 Å². The van der Waals surface area contributed by atoms with Crippen molar-refractivity contribution < 1.29 is 10.0 Å². The molecule has 2 N–H and O–H groups in total. The lowest BCUT2D eigenvalue weighted by atomic mass is 9.95. The molecule has 0 saturated heterocycles. The number of aryl methyl sites for hydroxylation is 1. The Morgan fingerprint density at radius 2 is 2.18 bits per heavy atom. The standard InChI is InChI=1S/C10H18N4O3/c1-7-12-9(14(16)17)8(13(7)4)11-5-10(2,3)6-15/h11,15H,5-6H2,1-4H3. The molecule has 0 radical (unpaired) electrons. The van der Waals surface area contributed by atoms with Crippen LogP contribution in [0, 0.1) is 22.5 Å². The molecule has 7 heteroatoms. The molecule has 96 valence electrons.